The van der Waals surface area contributed by atoms with E-state index in [1.165, 1.54) is 11.3 Å². The minimum atomic E-state index is -0.191. The minimum Gasteiger partial charge on any atom is -0.484 e. The number of carbonyl (C=O) groups excluding carboxylic acids is 1. The third-order valence-corrected chi connectivity index (χ3v) is 5.93. The smallest absolute Gasteiger partial charge is 0.226 e. The molecular weight excluding hydrogens is 393 g/mol. The van der Waals surface area contributed by atoms with Crippen LogP contribution in [0.3, 0.4) is 0 Å². The molecule has 0 saturated heterocycles. The lowest BCUT2D eigenvalue weighted by Crippen LogP contribution is -2.29. The molecule has 1 aliphatic rings. The van der Waals surface area contributed by atoms with E-state index in [0.29, 0.717) is 28.9 Å². The summed E-state index contributed by atoms with van der Waals surface area (Å²) in [6.07, 6.45) is 1.90. The molecule has 2 heterocycles. The Kier molecular flexibility index (Phi) is 4.59. The van der Waals surface area contributed by atoms with Crippen molar-refractivity contribution in [1.82, 2.24) is 15.3 Å². The van der Waals surface area contributed by atoms with Gasteiger partial charge in [0.1, 0.15) is 11.6 Å². The first kappa shape index (κ1) is 17.6. The van der Waals surface area contributed by atoms with E-state index >= 15 is 0 Å². The molecule has 1 fully saturated rings. The van der Waals surface area contributed by atoms with Crippen LogP contribution in [-0.4, -0.2) is 15.9 Å². The van der Waals surface area contributed by atoms with Gasteiger partial charge < -0.3 is 15.0 Å². The number of ether oxygens (including phenoxy) is 1. The molecule has 136 valence electrons. The molecule has 1 aromatic carbocycles. The molecule has 0 unspecified atom stereocenters. The third-order valence-electron chi connectivity index (χ3n) is 4.66. The van der Waals surface area contributed by atoms with Gasteiger partial charge >= 0.3 is 0 Å². The van der Waals surface area contributed by atoms with Crippen molar-refractivity contribution in [3.8, 4) is 5.75 Å². The van der Waals surface area contributed by atoms with E-state index in [9.17, 15) is 4.79 Å². The van der Waals surface area contributed by atoms with Gasteiger partial charge in [-0.2, -0.15) is 0 Å². The number of hydrogen-bond donors (Lipinski definition) is 2. The van der Waals surface area contributed by atoms with E-state index in [0.717, 1.165) is 35.1 Å². The molecule has 0 atom stereocenters. The van der Waals surface area contributed by atoms with Crippen LogP contribution in [0.25, 0.3) is 10.9 Å². The van der Waals surface area contributed by atoms with Gasteiger partial charge in [0, 0.05) is 21.9 Å². The lowest BCUT2D eigenvalue weighted by Gasteiger charge is -2.09. The van der Waals surface area contributed by atoms with Crippen molar-refractivity contribution in [2.45, 2.75) is 32.9 Å². The third kappa shape index (κ3) is 3.41. The number of nitrogens with one attached hydrogen (secondary N) is 2. The Balaban J connectivity index is 1.53. The van der Waals surface area contributed by atoms with Crippen LogP contribution in [0.1, 0.15) is 31.2 Å². The van der Waals surface area contributed by atoms with Crippen LogP contribution in [0.4, 0.5) is 0 Å². The Hall–Kier alpha value is -1.76. The minimum absolute atomic E-state index is 0.0903. The normalized spacial score (nSPS) is 15.2. The molecule has 0 spiro atoms. The zero-order chi connectivity index (χ0) is 18.3. The zero-order valence-corrected chi connectivity index (χ0v) is 16.4. The predicted molar refractivity (Wildman–Crippen MR) is 104 cm³/mol. The number of fused-ring (bicyclic) bond motifs is 1. The summed E-state index contributed by atoms with van der Waals surface area (Å²) in [7, 11) is 0. The van der Waals surface area contributed by atoms with Crippen LogP contribution in [0.5, 0.6) is 5.75 Å². The van der Waals surface area contributed by atoms with Crippen molar-refractivity contribution >= 4 is 51.3 Å². The van der Waals surface area contributed by atoms with Crippen LogP contribution in [0.15, 0.2) is 23.0 Å². The van der Waals surface area contributed by atoms with Gasteiger partial charge in [0.15, 0.2) is 5.75 Å². The van der Waals surface area contributed by atoms with Crippen molar-refractivity contribution in [2.24, 2.45) is 5.41 Å². The van der Waals surface area contributed by atoms with Crippen molar-refractivity contribution in [2.75, 3.05) is 0 Å². The summed E-state index contributed by atoms with van der Waals surface area (Å²) < 4.78 is 5.77. The van der Waals surface area contributed by atoms with Crippen molar-refractivity contribution < 1.29 is 9.53 Å². The zero-order valence-electron chi connectivity index (χ0n) is 14.1. The average Bonchev–Trinajstić information content (AvgIpc) is 3.01. The van der Waals surface area contributed by atoms with Gasteiger partial charge in [-0.05, 0) is 25.0 Å². The summed E-state index contributed by atoms with van der Waals surface area (Å²) in [6, 6.07) is 3.75. The highest BCUT2D eigenvalue weighted by atomic mass is 35.5. The highest BCUT2D eigenvalue weighted by Crippen LogP contribution is 2.45. The number of amides is 1. The first-order valence-corrected chi connectivity index (χ1v) is 9.94. The summed E-state index contributed by atoms with van der Waals surface area (Å²) in [6.45, 7) is 2.71. The number of halogens is 2. The monoisotopic (exact) mass is 409 g/mol. The Bertz CT molecular complexity index is 965. The maximum absolute atomic E-state index is 12.1. The summed E-state index contributed by atoms with van der Waals surface area (Å²) in [4.78, 5) is 19.5. The average molecular weight is 410 g/mol. The molecule has 2 N–H and O–H groups in total. The second kappa shape index (κ2) is 6.76. The highest BCUT2D eigenvalue weighted by molar-refractivity contribution is 7.07. The van der Waals surface area contributed by atoms with Crippen LogP contribution >= 0.6 is 34.5 Å². The summed E-state index contributed by atoms with van der Waals surface area (Å²) in [5.74, 6) is 0.518. The summed E-state index contributed by atoms with van der Waals surface area (Å²) >= 11 is 14.3. The number of rotatable bonds is 6. The first-order chi connectivity index (χ1) is 12.5. The number of hydrogen-bond acceptors (Lipinski definition) is 4. The second-order valence-electron chi connectivity index (χ2n) is 6.77. The highest BCUT2D eigenvalue weighted by Gasteiger charge is 2.44. The van der Waals surface area contributed by atoms with E-state index < -0.39 is 0 Å². The number of aromatic nitrogens is 2. The van der Waals surface area contributed by atoms with E-state index in [-0.39, 0.29) is 11.3 Å². The number of nitrogens with zero attached hydrogens (tertiary/aromatic N) is 1. The van der Waals surface area contributed by atoms with Crippen molar-refractivity contribution in [1.29, 1.82) is 0 Å². The quantitative estimate of drug-likeness (QED) is 0.606. The molecule has 2 aromatic heterocycles. The Morgan fingerprint density at radius 2 is 2.23 bits per heavy atom. The van der Waals surface area contributed by atoms with Crippen LogP contribution < -0.4 is 10.1 Å². The molecule has 0 bridgehead atoms. The molecule has 0 aliphatic heterocycles. The van der Waals surface area contributed by atoms with Gasteiger partial charge in [-0.15, -0.1) is 11.3 Å². The molecule has 0 radical (unpaired) electrons. The summed E-state index contributed by atoms with van der Waals surface area (Å²) in [5.41, 5.74) is 3.99. The van der Waals surface area contributed by atoms with E-state index in [1.54, 1.807) is 5.51 Å². The van der Waals surface area contributed by atoms with E-state index in [1.807, 2.05) is 24.4 Å². The molecule has 8 heteroatoms. The molecule has 1 saturated carbocycles. The summed E-state index contributed by atoms with van der Waals surface area (Å²) in [5, 5.41) is 6.63. The molecule has 26 heavy (non-hydrogen) atoms. The maximum Gasteiger partial charge on any atom is 0.226 e. The van der Waals surface area contributed by atoms with Crippen LogP contribution in [0.2, 0.25) is 10.0 Å². The number of thiazole rings is 1. The van der Waals surface area contributed by atoms with Crippen molar-refractivity contribution in [3.05, 3.63) is 44.5 Å². The maximum atomic E-state index is 12.1. The first-order valence-electron chi connectivity index (χ1n) is 8.24. The lowest BCUT2D eigenvalue weighted by molar-refractivity contribution is -0.125. The SMILES string of the molecule is CC1(C(=O)NCc2cc3cc(Cl)c(OCc4cscn4)c(Cl)c3[nH]2)CC1. The molecule has 1 aliphatic carbocycles. The van der Waals surface area contributed by atoms with E-state index in [4.69, 9.17) is 27.9 Å². The lowest BCUT2D eigenvalue weighted by atomic mass is 10.1. The fraction of sp³-hybridized carbons (Fsp3) is 0.333. The Morgan fingerprint density at radius 1 is 1.42 bits per heavy atom. The van der Waals surface area contributed by atoms with Gasteiger partial charge in [-0.25, -0.2) is 4.98 Å². The van der Waals surface area contributed by atoms with E-state index in [2.05, 4.69) is 15.3 Å². The molecular formula is C18H17Cl2N3O2S. The van der Waals surface area contributed by atoms with Gasteiger partial charge in [0.05, 0.1) is 28.3 Å². The van der Waals surface area contributed by atoms with Gasteiger partial charge in [0.25, 0.3) is 0 Å². The second-order valence-corrected chi connectivity index (χ2v) is 8.28. The van der Waals surface area contributed by atoms with Crippen molar-refractivity contribution in [3.63, 3.8) is 0 Å². The van der Waals surface area contributed by atoms with Gasteiger partial charge in [-0.3, -0.25) is 4.79 Å². The van der Waals surface area contributed by atoms with Crippen LogP contribution in [-0.2, 0) is 17.9 Å². The number of aromatic amines is 1. The number of carbonyl (C=O) groups is 1. The molecule has 3 aromatic rings. The fourth-order valence-corrected chi connectivity index (χ4v) is 3.90. The molecule has 5 nitrogen and oxygen atoms in total. The molecule has 4 rings (SSSR count). The van der Waals surface area contributed by atoms with Gasteiger partial charge in [-0.1, -0.05) is 30.1 Å². The number of H-pyrrole nitrogens is 1. The Morgan fingerprint density at radius 3 is 2.92 bits per heavy atom. The standard InChI is InChI=1S/C18H17Cl2N3O2S/c1-18(2-3-18)17(24)21-6-11-4-10-5-13(19)16(14(20)15(10)23-11)25-7-12-8-26-9-22-12/h4-5,8-9,23H,2-3,6-7H2,1H3,(H,21,24). The fourth-order valence-electron chi connectivity index (χ4n) is 2.73. The molecule has 1 amide bonds. The largest absolute Gasteiger partial charge is 0.484 e. The Labute approximate surface area is 164 Å². The van der Waals surface area contributed by atoms with Crippen LogP contribution in [0, 0.1) is 5.41 Å². The van der Waals surface area contributed by atoms with Gasteiger partial charge in [0.2, 0.25) is 5.91 Å². The predicted octanol–water partition coefficient (Wildman–Crippen LogP) is 4.93. The number of benzene rings is 1. The topological polar surface area (TPSA) is 67.0 Å².